The Bertz CT molecular complexity index is 1010. The average molecular weight is 495 g/mol. The van der Waals surface area contributed by atoms with E-state index >= 15 is 0 Å². The summed E-state index contributed by atoms with van der Waals surface area (Å²) in [7, 11) is 4.44. The van der Waals surface area contributed by atoms with Gasteiger partial charge in [-0.25, -0.2) is 0 Å². The summed E-state index contributed by atoms with van der Waals surface area (Å²) in [4.78, 5) is 21.0. The molecule has 35 heavy (non-hydrogen) atoms. The molecule has 0 aliphatic carbocycles. The molecule has 1 amide bonds. The van der Waals surface area contributed by atoms with Crippen LogP contribution in [0, 0.1) is 0 Å². The van der Waals surface area contributed by atoms with E-state index in [0.29, 0.717) is 12.5 Å². The predicted molar refractivity (Wildman–Crippen MR) is 143 cm³/mol. The van der Waals surface area contributed by atoms with Gasteiger partial charge in [-0.3, -0.25) is 9.69 Å². The van der Waals surface area contributed by atoms with Crippen LogP contribution in [0.2, 0.25) is 5.02 Å². The SMILES string of the molecule is CN1CCC(N[C@H](Cc2ccc(Cl)cc2)C(=O)N2CCC3(CC2)c2ccccc2CCN3C)CC1. The number of amides is 1. The van der Waals surface area contributed by atoms with Gasteiger partial charge in [0.1, 0.15) is 0 Å². The third-order valence-electron chi connectivity index (χ3n) is 8.67. The third kappa shape index (κ3) is 5.29. The number of carbonyl (C=O) groups excluding carboxylic acids is 1. The number of nitrogens with one attached hydrogen (secondary N) is 1. The van der Waals surface area contributed by atoms with Gasteiger partial charge in [0.05, 0.1) is 6.04 Å². The number of likely N-dealkylation sites (tertiary alicyclic amines) is 2. The summed E-state index contributed by atoms with van der Waals surface area (Å²) >= 11 is 6.12. The van der Waals surface area contributed by atoms with E-state index in [1.807, 2.05) is 12.1 Å². The first kappa shape index (κ1) is 24.8. The highest BCUT2D eigenvalue weighted by molar-refractivity contribution is 6.30. The van der Waals surface area contributed by atoms with Gasteiger partial charge in [-0.05, 0) is 94.5 Å². The zero-order valence-corrected chi connectivity index (χ0v) is 21.9. The van der Waals surface area contributed by atoms with Gasteiger partial charge in [-0.15, -0.1) is 0 Å². The molecule has 3 aliphatic rings. The van der Waals surface area contributed by atoms with Crippen molar-refractivity contribution in [1.82, 2.24) is 20.0 Å². The molecule has 0 radical (unpaired) electrons. The number of fused-ring (bicyclic) bond motifs is 2. The van der Waals surface area contributed by atoms with Gasteiger partial charge in [0.25, 0.3) is 0 Å². The summed E-state index contributed by atoms with van der Waals surface area (Å²) in [6, 6.07) is 17.1. The van der Waals surface area contributed by atoms with Crippen LogP contribution >= 0.6 is 11.6 Å². The van der Waals surface area contributed by atoms with E-state index in [9.17, 15) is 4.79 Å². The number of hydrogen-bond donors (Lipinski definition) is 1. The van der Waals surface area contributed by atoms with Crippen molar-refractivity contribution in [2.24, 2.45) is 0 Å². The highest BCUT2D eigenvalue weighted by atomic mass is 35.5. The van der Waals surface area contributed by atoms with Crippen LogP contribution in [0.3, 0.4) is 0 Å². The molecule has 2 aromatic rings. The lowest BCUT2D eigenvalue weighted by Crippen LogP contribution is -2.59. The van der Waals surface area contributed by atoms with Crippen molar-refractivity contribution in [3.63, 3.8) is 0 Å². The smallest absolute Gasteiger partial charge is 0.240 e. The first-order valence-electron chi connectivity index (χ1n) is 13.2. The summed E-state index contributed by atoms with van der Waals surface area (Å²) in [6.07, 6.45) is 5.98. The second-order valence-corrected chi connectivity index (χ2v) is 11.2. The van der Waals surface area contributed by atoms with Crippen LogP contribution < -0.4 is 5.32 Å². The minimum Gasteiger partial charge on any atom is -0.341 e. The lowest BCUT2D eigenvalue weighted by atomic mass is 9.74. The number of carbonyl (C=O) groups is 1. The molecule has 3 aliphatic heterocycles. The van der Waals surface area contributed by atoms with Crippen molar-refractivity contribution >= 4 is 17.5 Å². The second-order valence-electron chi connectivity index (χ2n) is 10.8. The van der Waals surface area contributed by atoms with Crippen molar-refractivity contribution in [1.29, 1.82) is 0 Å². The molecule has 1 N–H and O–H groups in total. The third-order valence-corrected chi connectivity index (χ3v) is 8.93. The quantitative estimate of drug-likeness (QED) is 0.683. The van der Waals surface area contributed by atoms with E-state index in [4.69, 9.17) is 11.6 Å². The lowest BCUT2D eigenvalue weighted by molar-refractivity contribution is -0.136. The maximum absolute atomic E-state index is 13.9. The van der Waals surface area contributed by atoms with Gasteiger partial charge in [-0.2, -0.15) is 0 Å². The van der Waals surface area contributed by atoms with E-state index in [1.54, 1.807) is 0 Å². The van der Waals surface area contributed by atoms with Crippen LogP contribution in [-0.4, -0.2) is 79.5 Å². The molecule has 188 valence electrons. The molecule has 0 aromatic heterocycles. The Morgan fingerprint density at radius 2 is 1.69 bits per heavy atom. The van der Waals surface area contributed by atoms with Crippen LogP contribution in [-0.2, 0) is 23.2 Å². The number of piperidine rings is 2. The molecule has 1 atom stereocenters. The standard InChI is InChI=1S/C29H39ClN4O/c1-32-16-12-25(13-17-32)31-27(21-22-7-9-24(30)10-8-22)28(35)34-19-14-29(15-20-34)26-6-4-3-5-23(26)11-18-33(29)2/h3-10,25,27,31H,11-21H2,1-2H3/t27-/m1/s1. The number of halogens is 1. The van der Waals surface area contributed by atoms with Crippen molar-refractivity contribution < 1.29 is 4.79 Å². The topological polar surface area (TPSA) is 38.8 Å². The maximum atomic E-state index is 13.9. The van der Waals surface area contributed by atoms with Gasteiger partial charge in [0.2, 0.25) is 5.91 Å². The monoisotopic (exact) mass is 494 g/mol. The van der Waals surface area contributed by atoms with Gasteiger partial charge in [0, 0.05) is 36.2 Å². The molecule has 2 saturated heterocycles. The minimum absolute atomic E-state index is 0.0542. The van der Waals surface area contributed by atoms with Crippen LogP contribution in [0.1, 0.15) is 42.4 Å². The summed E-state index contributed by atoms with van der Waals surface area (Å²) in [5, 5.41) is 4.51. The number of nitrogens with zero attached hydrogens (tertiary/aromatic N) is 3. The maximum Gasteiger partial charge on any atom is 0.240 e. The summed E-state index contributed by atoms with van der Waals surface area (Å²) in [6.45, 7) is 4.87. The van der Waals surface area contributed by atoms with Crippen LogP contribution in [0.4, 0.5) is 0 Å². The summed E-state index contributed by atoms with van der Waals surface area (Å²) in [5.41, 5.74) is 4.17. The Balaban J connectivity index is 1.31. The van der Waals surface area contributed by atoms with E-state index in [2.05, 4.69) is 70.5 Å². The molecule has 5 rings (SSSR count). The highest BCUT2D eigenvalue weighted by Crippen LogP contribution is 2.42. The summed E-state index contributed by atoms with van der Waals surface area (Å²) in [5.74, 6) is 0.250. The van der Waals surface area contributed by atoms with Crippen molar-refractivity contribution in [2.75, 3.05) is 46.8 Å². The zero-order chi connectivity index (χ0) is 24.4. The van der Waals surface area contributed by atoms with Crippen molar-refractivity contribution in [3.8, 4) is 0 Å². The number of likely N-dealkylation sites (N-methyl/N-ethyl adjacent to an activating group) is 1. The lowest BCUT2D eigenvalue weighted by Gasteiger charge is -2.51. The second kappa shape index (κ2) is 10.6. The fourth-order valence-corrected chi connectivity index (χ4v) is 6.53. The van der Waals surface area contributed by atoms with Crippen LogP contribution in [0.5, 0.6) is 0 Å². The summed E-state index contributed by atoms with van der Waals surface area (Å²) < 4.78 is 0. The molecule has 5 nitrogen and oxygen atoms in total. The highest BCUT2D eigenvalue weighted by Gasteiger charge is 2.44. The van der Waals surface area contributed by atoms with Crippen LogP contribution in [0.25, 0.3) is 0 Å². The van der Waals surface area contributed by atoms with Gasteiger partial charge in [0.15, 0.2) is 0 Å². The molecular weight excluding hydrogens is 456 g/mol. The molecule has 3 heterocycles. The molecule has 0 saturated carbocycles. The molecule has 1 spiro atoms. The molecule has 0 bridgehead atoms. The number of hydrogen-bond acceptors (Lipinski definition) is 4. The normalized spacial score (nSPS) is 22.2. The van der Waals surface area contributed by atoms with Crippen LogP contribution in [0.15, 0.2) is 48.5 Å². The number of benzene rings is 2. The largest absolute Gasteiger partial charge is 0.341 e. The van der Waals surface area contributed by atoms with E-state index in [-0.39, 0.29) is 17.5 Å². The first-order chi connectivity index (χ1) is 16.9. The molecular formula is C29H39ClN4O. The molecule has 2 fully saturated rings. The first-order valence-corrected chi connectivity index (χ1v) is 13.6. The molecule has 6 heteroatoms. The fourth-order valence-electron chi connectivity index (χ4n) is 6.40. The van der Waals surface area contributed by atoms with E-state index in [1.165, 1.54) is 11.1 Å². The minimum atomic E-state index is -0.199. The Hall–Kier alpha value is -1.92. The Morgan fingerprint density at radius 1 is 1.00 bits per heavy atom. The Kier molecular flexibility index (Phi) is 7.50. The van der Waals surface area contributed by atoms with E-state index < -0.39 is 0 Å². The van der Waals surface area contributed by atoms with Gasteiger partial charge >= 0.3 is 0 Å². The zero-order valence-electron chi connectivity index (χ0n) is 21.2. The number of rotatable bonds is 5. The molecule has 0 unspecified atom stereocenters. The average Bonchev–Trinajstić information content (AvgIpc) is 2.89. The van der Waals surface area contributed by atoms with Gasteiger partial charge in [-0.1, -0.05) is 48.0 Å². The molecule has 2 aromatic carbocycles. The van der Waals surface area contributed by atoms with Crippen molar-refractivity contribution in [2.45, 2.75) is 56.1 Å². The Morgan fingerprint density at radius 3 is 2.40 bits per heavy atom. The van der Waals surface area contributed by atoms with E-state index in [0.717, 1.165) is 75.4 Å². The predicted octanol–water partition coefficient (Wildman–Crippen LogP) is 3.94. The van der Waals surface area contributed by atoms with Gasteiger partial charge < -0.3 is 15.1 Å². The fraction of sp³-hybridized carbons (Fsp3) is 0.552. The Labute approximate surface area is 215 Å². The van der Waals surface area contributed by atoms with Crippen molar-refractivity contribution in [3.05, 3.63) is 70.2 Å².